The number of benzene rings is 1. The zero-order valence-electron chi connectivity index (χ0n) is 13.0. The van der Waals surface area contributed by atoms with E-state index in [1.165, 1.54) is 12.1 Å². The lowest BCUT2D eigenvalue weighted by Gasteiger charge is -2.25. The van der Waals surface area contributed by atoms with Crippen LogP contribution in [-0.4, -0.2) is 25.3 Å². The van der Waals surface area contributed by atoms with Gasteiger partial charge in [-0.2, -0.15) is 13.2 Å². The van der Waals surface area contributed by atoms with Crippen molar-refractivity contribution in [1.82, 2.24) is 5.32 Å². The number of alkyl halides is 3. The van der Waals surface area contributed by atoms with Crippen LogP contribution in [0.25, 0.3) is 0 Å². The number of hydrogen-bond donors (Lipinski definition) is 1. The molecule has 1 rings (SSSR count). The molecule has 5 nitrogen and oxygen atoms in total. The van der Waals surface area contributed by atoms with Crippen molar-refractivity contribution in [1.29, 1.82) is 0 Å². The van der Waals surface area contributed by atoms with Gasteiger partial charge in [0.2, 0.25) is 5.75 Å². The fourth-order valence-electron chi connectivity index (χ4n) is 2.14. The first kappa shape index (κ1) is 18.2. The number of nitro benzene ring substituents is 1. The first-order chi connectivity index (χ1) is 9.93. The Balaban J connectivity index is 3.73. The first-order valence-corrected chi connectivity index (χ1v) is 6.54. The van der Waals surface area contributed by atoms with Gasteiger partial charge in [-0.05, 0) is 24.1 Å². The summed E-state index contributed by atoms with van der Waals surface area (Å²) in [4.78, 5) is 10.5. The third kappa shape index (κ3) is 3.68. The molecule has 0 saturated heterocycles. The Morgan fingerprint density at radius 2 is 1.82 bits per heavy atom. The van der Waals surface area contributed by atoms with E-state index in [0.29, 0.717) is 5.56 Å². The summed E-state index contributed by atoms with van der Waals surface area (Å²) >= 11 is 0. The van der Waals surface area contributed by atoms with Crippen molar-refractivity contribution in [3.8, 4) is 5.75 Å². The molecule has 0 aliphatic carbocycles. The van der Waals surface area contributed by atoms with Crippen LogP contribution in [0.1, 0.15) is 37.9 Å². The van der Waals surface area contributed by atoms with E-state index in [-0.39, 0.29) is 11.3 Å². The molecule has 0 amide bonds. The number of nitrogens with one attached hydrogen (secondary N) is 1. The zero-order valence-corrected chi connectivity index (χ0v) is 13.0. The molecule has 1 unspecified atom stereocenters. The minimum atomic E-state index is -4.60. The second-order valence-corrected chi connectivity index (χ2v) is 5.89. The van der Waals surface area contributed by atoms with Crippen molar-refractivity contribution in [3.05, 3.63) is 33.4 Å². The average molecular weight is 320 g/mol. The molecule has 1 aromatic carbocycles. The molecule has 1 N–H and O–H groups in total. The SMILES string of the molecule is CNC(c1cc(C(C)(C)C)cc([N+](=O)[O-])c1OC)C(F)(F)F. The van der Waals surface area contributed by atoms with Crippen LogP contribution < -0.4 is 10.1 Å². The van der Waals surface area contributed by atoms with E-state index in [1.807, 2.05) is 0 Å². The van der Waals surface area contributed by atoms with E-state index in [9.17, 15) is 23.3 Å². The van der Waals surface area contributed by atoms with Crippen molar-refractivity contribution in [2.24, 2.45) is 0 Å². The van der Waals surface area contributed by atoms with Gasteiger partial charge >= 0.3 is 11.9 Å². The van der Waals surface area contributed by atoms with E-state index >= 15 is 0 Å². The van der Waals surface area contributed by atoms with Crippen LogP contribution in [0.15, 0.2) is 12.1 Å². The van der Waals surface area contributed by atoms with Crippen LogP contribution in [0.3, 0.4) is 0 Å². The fraction of sp³-hybridized carbons (Fsp3) is 0.571. The summed E-state index contributed by atoms with van der Waals surface area (Å²) in [5.41, 5.74) is -0.888. The lowest BCUT2D eigenvalue weighted by atomic mass is 9.84. The summed E-state index contributed by atoms with van der Waals surface area (Å²) in [6.45, 7) is 5.30. The monoisotopic (exact) mass is 320 g/mol. The number of hydrogen-bond acceptors (Lipinski definition) is 4. The number of halogens is 3. The van der Waals surface area contributed by atoms with Gasteiger partial charge in [0.05, 0.1) is 12.0 Å². The normalized spacial score (nSPS) is 13.8. The Morgan fingerprint density at radius 1 is 1.27 bits per heavy atom. The van der Waals surface area contributed by atoms with Gasteiger partial charge in [0.15, 0.2) is 0 Å². The minimum Gasteiger partial charge on any atom is -0.490 e. The van der Waals surface area contributed by atoms with Crippen molar-refractivity contribution in [2.45, 2.75) is 38.4 Å². The van der Waals surface area contributed by atoms with E-state index in [1.54, 1.807) is 20.8 Å². The lowest BCUT2D eigenvalue weighted by molar-refractivity contribution is -0.385. The van der Waals surface area contributed by atoms with E-state index in [0.717, 1.165) is 14.2 Å². The Morgan fingerprint density at radius 3 is 2.14 bits per heavy atom. The molecule has 0 bridgehead atoms. The number of nitrogens with zero attached hydrogens (tertiary/aromatic N) is 1. The van der Waals surface area contributed by atoms with Gasteiger partial charge in [-0.1, -0.05) is 20.8 Å². The highest BCUT2D eigenvalue weighted by Crippen LogP contribution is 2.43. The summed E-state index contributed by atoms with van der Waals surface area (Å²) in [6.07, 6.45) is -4.60. The number of methoxy groups -OCH3 is 1. The molecule has 0 heterocycles. The molecule has 1 aromatic rings. The van der Waals surface area contributed by atoms with Crippen LogP contribution in [-0.2, 0) is 5.41 Å². The Hall–Kier alpha value is -1.83. The van der Waals surface area contributed by atoms with Crippen molar-refractivity contribution >= 4 is 5.69 Å². The smallest absolute Gasteiger partial charge is 0.408 e. The third-order valence-electron chi connectivity index (χ3n) is 3.29. The maximum atomic E-state index is 13.2. The standard InChI is InChI=1S/C14H19F3N2O3/c1-13(2,3)8-6-9(12(18-4)14(15,16)17)11(22-5)10(7-8)19(20)21/h6-7,12,18H,1-5H3. The molecule has 0 aliphatic rings. The summed E-state index contributed by atoms with van der Waals surface area (Å²) < 4.78 is 44.5. The van der Waals surface area contributed by atoms with E-state index in [2.05, 4.69) is 5.32 Å². The third-order valence-corrected chi connectivity index (χ3v) is 3.29. The Labute approximate surface area is 126 Å². The van der Waals surface area contributed by atoms with Gasteiger partial charge in [0.25, 0.3) is 0 Å². The van der Waals surface area contributed by atoms with Gasteiger partial charge in [0.1, 0.15) is 6.04 Å². The zero-order chi connectivity index (χ0) is 17.3. The van der Waals surface area contributed by atoms with Crippen molar-refractivity contribution in [2.75, 3.05) is 14.2 Å². The van der Waals surface area contributed by atoms with Gasteiger partial charge in [0, 0.05) is 11.6 Å². The molecule has 0 aliphatic heterocycles. The summed E-state index contributed by atoms with van der Waals surface area (Å²) in [6, 6.07) is 0.509. The second-order valence-electron chi connectivity index (χ2n) is 5.89. The molecule has 0 saturated carbocycles. The van der Waals surface area contributed by atoms with Gasteiger partial charge in [-0.25, -0.2) is 0 Å². The number of nitro groups is 1. The highest BCUT2D eigenvalue weighted by Gasteiger charge is 2.43. The first-order valence-electron chi connectivity index (χ1n) is 6.54. The van der Waals surface area contributed by atoms with Crippen molar-refractivity contribution in [3.63, 3.8) is 0 Å². The van der Waals surface area contributed by atoms with Gasteiger partial charge < -0.3 is 10.1 Å². The highest BCUT2D eigenvalue weighted by molar-refractivity contribution is 5.57. The molecular weight excluding hydrogens is 301 g/mol. The molecule has 0 fully saturated rings. The Kier molecular flexibility index (Phi) is 5.06. The number of ether oxygens (including phenoxy) is 1. The van der Waals surface area contributed by atoms with Crippen LogP contribution in [0.5, 0.6) is 5.75 Å². The summed E-state index contributed by atoms with van der Waals surface area (Å²) in [5.74, 6) is -0.380. The molecule has 1 atom stereocenters. The van der Waals surface area contributed by atoms with Crippen LogP contribution in [0, 0.1) is 10.1 Å². The van der Waals surface area contributed by atoms with E-state index < -0.39 is 28.2 Å². The maximum absolute atomic E-state index is 13.2. The second kappa shape index (κ2) is 6.12. The molecule has 0 aromatic heterocycles. The van der Waals surface area contributed by atoms with Gasteiger partial charge in [-0.15, -0.1) is 0 Å². The molecular formula is C14H19F3N2O3. The van der Waals surface area contributed by atoms with Crippen LogP contribution in [0.4, 0.5) is 18.9 Å². The molecule has 22 heavy (non-hydrogen) atoms. The maximum Gasteiger partial charge on any atom is 0.408 e. The summed E-state index contributed by atoms with van der Waals surface area (Å²) in [7, 11) is 2.26. The molecule has 124 valence electrons. The Bertz CT molecular complexity index is 566. The van der Waals surface area contributed by atoms with Crippen LogP contribution >= 0.6 is 0 Å². The molecule has 8 heteroatoms. The van der Waals surface area contributed by atoms with E-state index in [4.69, 9.17) is 4.74 Å². The van der Waals surface area contributed by atoms with Crippen molar-refractivity contribution < 1.29 is 22.8 Å². The fourth-order valence-corrected chi connectivity index (χ4v) is 2.14. The topological polar surface area (TPSA) is 64.4 Å². The minimum absolute atomic E-state index is 0.295. The quantitative estimate of drug-likeness (QED) is 0.678. The number of rotatable bonds is 4. The lowest BCUT2D eigenvalue weighted by Crippen LogP contribution is -2.32. The highest BCUT2D eigenvalue weighted by atomic mass is 19.4. The largest absolute Gasteiger partial charge is 0.490 e. The summed E-state index contributed by atoms with van der Waals surface area (Å²) in [5, 5.41) is 13.3. The van der Waals surface area contributed by atoms with Crippen LogP contribution in [0.2, 0.25) is 0 Å². The average Bonchev–Trinajstić information content (AvgIpc) is 2.35. The molecule has 0 radical (unpaired) electrons. The predicted molar refractivity (Wildman–Crippen MR) is 76.2 cm³/mol. The predicted octanol–water partition coefficient (Wildman–Crippen LogP) is 3.72. The molecule has 0 spiro atoms. The van der Waals surface area contributed by atoms with Gasteiger partial charge in [-0.3, -0.25) is 10.1 Å².